The maximum Gasteiger partial charge on any atom is 0.150 e. The summed E-state index contributed by atoms with van der Waals surface area (Å²) in [5, 5.41) is 28.8. The molecule has 0 saturated heterocycles. The summed E-state index contributed by atoms with van der Waals surface area (Å²) >= 11 is 0. The van der Waals surface area contributed by atoms with Gasteiger partial charge in [-0.25, -0.2) is 0 Å². The molecule has 0 amide bonds. The molecule has 3 atom stereocenters. The van der Waals surface area contributed by atoms with Gasteiger partial charge in [0.25, 0.3) is 0 Å². The largest absolute Gasteiger partial charge is 0.390 e. The lowest BCUT2D eigenvalue weighted by Crippen LogP contribution is -2.38. The predicted molar refractivity (Wildman–Crippen MR) is 63.8 cm³/mol. The first-order valence-corrected chi connectivity index (χ1v) is 5.66. The van der Waals surface area contributed by atoms with Crippen molar-refractivity contribution >= 4 is 6.29 Å². The molecule has 1 rings (SSSR count). The molecule has 3 N–H and O–H groups in total. The maximum atomic E-state index is 10.6. The minimum absolute atomic E-state index is 0.208. The van der Waals surface area contributed by atoms with Crippen LogP contribution in [0.15, 0.2) is 24.3 Å². The van der Waals surface area contributed by atoms with Gasteiger partial charge >= 0.3 is 0 Å². The third-order valence-corrected chi connectivity index (χ3v) is 2.74. The van der Waals surface area contributed by atoms with Crippen molar-refractivity contribution in [3.63, 3.8) is 0 Å². The first kappa shape index (κ1) is 13.8. The van der Waals surface area contributed by atoms with Crippen LogP contribution in [0.5, 0.6) is 0 Å². The van der Waals surface area contributed by atoms with Crippen molar-refractivity contribution in [1.29, 1.82) is 0 Å². The van der Waals surface area contributed by atoms with Crippen molar-refractivity contribution in [2.75, 3.05) is 0 Å². The van der Waals surface area contributed by atoms with E-state index in [0.717, 1.165) is 11.8 Å². The standard InChI is InChI=1S/C13H18O4/c1-2-11(15)13(17)12(16)7-9-4-3-5-10(6-9)8-14/h3-6,8,11-13,15-17H,2,7H2,1H3. The number of hydrogen-bond donors (Lipinski definition) is 3. The molecule has 4 heteroatoms. The maximum absolute atomic E-state index is 10.6. The Balaban J connectivity index is 2.66. The van der Waals surface area contributed by atoms with E-state index in [2.05, 4.69) is 0 Å². The minimum atomic E-state index is -1.17. The van der Waals surface area contributed by atoms with E-state index in [1.807, 2.05) is 0 Å². The van der Waals surface area contributed by atoms with Crippen LogP contribution >= 0.6 is 0 Å². The fourth-order valence-electron chi connectivity index (χ4n) is 1.65. The van der Waals surface area contributed by atoms with Gasteiger partial charge in [-0.1, -0.05) is 25.1 Å². The molecule has 0 saturated carbocycles. The Morgan fingerprint density at radius 1 is 1.24 bits per heavy atom. The van der Waals surface area contributed by atoms with Gasteiger partial charge in [-0.05, 0) is 18.1 Å². The molecule has 17 heavy (non-hydrogen) atoms. The zero-order chi connectivity index (χ0) is 12.8. The van der Waals surface area contributed by atoms with Gasteiger partial charge in [0.15, 0.2) is 0 Å². The van der Waals surface area contributed by atoms with E-state index >= 15 is 0 Å². The molecule has 0 fully saturated rings. The van der Waals surface area contributed by atoms with E-state index in [0.29, 0.717) is 12.0 Å². The number of carbonyl (C=O) groups excluding carboxylic acids is 1. The van der Waals surface area contributed by atoms with Crippen LogP contribution in [-0.2, 0) is 6.42 Å². The summed E-state index contributed by atoms with van der Waals surface area (Å²) in [6, 6.07) is 6.80. The molecule has 1 aromatic rings. The van der Waals surface area contributed by atoms with Gasteiger partial charge in [-0.3, -0.25) is 4.79 Å². The first-order valence-electron chi connectivity index (χ1n) is 5.66. The summed E-state index contributed by atoms with van der Waals surface area (Å²) in [5.74, 6) is 0. The van der Waals surface area contributed by atoms with E-state index < -0.39 is 18.3 Å². The molecule has 3 unspecified atom stereocenters. The number of aldehydes is 1. The van der Waals surface area contributed by atoms with Crippen LogP contribution in [-0.4, -0.2) is 39.9 Å². The Morgan fingerprint density at radius 3 is 2.53 bits per heavy atom. The van der Waals surface area contributed by atoms with Gasteiger partial charge in [-0.2, -0.15) is 0 Å². The molecular formula is C13H18O4. The molecule has 0 radical (unpaired) electrons. The molecule has 4 nitrogen and oxygen atoms in total. The fourth-order valence-corrected chi connectivity index (χ4v) is 1.65. The summed E-state index contributed by atoms with van der Waals surface area (Å²) < 4.78 is 0. The second-order valence-electron chi connectivity index (χ2n) is 4.10. The van der Waals surface area contributed by atoms with Crippen LogP contribution in [0, 0.1) is 0 Å². The van der Waals surface area contributed by atoms with Crippen LogP contribution in [0.2, 0.25) is 0 Å². The average molecular weight is 238 g/mol. The monoisotopic (exact) mass is 238 g/mol. The van der Waals surface area contributed by atoms with Gasteiger partial charge in [0.1, 0.15) is 12.4 Å². The number of benzene rings is 1. The normalized spacial score (nSPS) is 16.2. The highest BCUT2D eigenvalue weighted by Gasteiger charge is 2.23. The molecule has 0 bridgehead atoms. The summed E-state index contributed by atoms with van der Waals surface area (Å²) in [4.78, 5) is 10.6. The number of hydrogen-bond acceptors (Lipinski definition) is 4. The predicted octanol–water partition coefficient (Wildman–Crippen LogP) is 0.534. The summed E-state index contributed by atoms with van der Waals surface area (Å²) in [7, 11) is 0. The average Bonchev–Trinajstić information content (AvgIpc) is 2.37. The lowest BCUT2D eigenvalue weighted by molar-refractivity contribution is -0.0592. The van der Waals surface area contributed by atoms with Gasteiger partial charge in [-0.15, -0.1) is 0 Å². The fraction of sp³-hybridized carbons (Fsp3) is 0.462. The van der Waals surface area contributed by atoms with Crippen LogP contribution in [0.1, 0.15) is 29.3 Å². The Hall–Kier alpha value is -1.23. The van der Waals surface area contributed by atoms with Crippen LogP contribution in [0.25, 0.3) is 0 Å². The van der Waals surface area contributed by atoms with E-state index in [9.17, 15) is 20.1 Å². The minimum Gasteiger partial charge on any atom is -0.390 e. The SMILES string of the molecule is CCC(O)C(O)C(O)Cc1cccc(C=O)c1. The van der Waals surface area contributed by atoms with E-state index in [-0.39, 0.29) is 6.42 Å². The smallest absolute Gasteiger partial charge is 0.150 e. The Kier molecular flexibility index (Phi) is 5.28. The van der Waals surface area contributed by atoms with Crippen LogP contribution < -0.4 is 0 Å². The molecule has 0 heterocycles. The van der Waals surface area contributed by atoms with Crippen molar-refractivity contribution in [2.24, 2.45) is 0 Å². The quantitative estimate of drug-likeness (QED) is 0.632. The third kappa shape index (κ3) is 3.93. The highest BCUT2D eigenvalue weighted by atomic mass is 16.4. The summed E-state index contributed by atoms with van der Waals surface area (Å²) in [6.07, 6.45) is -1.81. The lowest BCUT2D eigenvalue weighted by Gasteiger charge is -2.22. The Morgan fingerprint density at radius 2 is 1.94 bits per heavy atom. The van der Waals surface area contributed by atoms with Gasteiger partial charge in [0.05, 0.1) is 12.2 Å². The lowest BCUT2D eigenvalue weighted by atomic mass is 9.98. The molecule has 0 aliphatic heterocycles. The molecule has 0 spiro atoms. The van der Waals surface area contributed by atoms with Crippen LogP contribution in [0.4, 0.5) is 0 Å². The zero-order valence-corrected chi connectivity index (χ0v) is 9.78. The van der Waals surface area contributed by atoms with E-state index in [1.54, 1.807) is 31.2 Å². The molecule has 0 aromatic heterocycles. The van der Waals surface area contributed by atoms with Crippen molar-refractivity contribution in [3.8, 4) is 0 Å². The molecular weight excluding hydrogens is 220 g/mol. The van der Waals surface area contributed by atoms with Gasteiger partial charge in [0.2, 0.25) is 0 Å². The van der Waals surface area contributed by atoms with E-state index in [4.69, 9.17) is 0 Å². The second-order valence-corrected chi connectivity index (χ2v) is 4.10. The van der Waals surface area contributed by atoms with Crippen molar-refractivity contribution in [2.45, 2.75) is 38.1 Å². The zero-order valence-electron chi connectivity index (χ0n) is 9.78. The number of aliphatic hydroxyl groups is 3. The van der Waals surface area contributed by atoms with E-state index in [1.165, 1.54) is 0 Å². The molecule has 0 aliphatic rings. The van der Waals surface area contributed by atoms with Crippen molar-refractivity contribution in [3.05, 3.63) is 35.4 Å². The third-order valence-electron chi connectivity index (χ3n) is 2.74. The first-order chi connectivity index (χ1) is 8.08. The number of rotatable bonds is 6. The van der Waals surface area contributed by atoms with Crippen molar-refractivity contribution < 1.29 is 20.1 Å². The number of aliphatic hydroxyl groups excluding tert-OH is 3. The topological polar surface area (TPSA) is 77.8 Å². The summed E-state index contributed by atoms with van der Waals surface area (Å²) in [6.45, 7) is 1.73. The highest BCUT2D eigenvalue weighted by Crippen LogP contribution is 2.11. The Bertz CT molecular complexity index is 364. The van der Waals surface area contributed by atoms with Crippen LogP contribution in [0.3, 0.4) is 0 Å². The molecule has 94 valence electrons. The molecule has 1 aromatic carbocycles. The number of carbonyl (C=O) groups is 1. The van der Waals surface area contributed by atoms with Gasteiger partial charge in [0, 0.05) is 12.0 Å². The van der Waals surface area contributed by atoms with Gasteiger partial charge < -0.3 is 15.3 Å². The molecule has 0 aliphatic carbocycles. The highest BCUT2D eigenvalue weighted by molar-refractivity contribution is 5.74. The Labute approximate surface area is 101 Å². The second kappa shape index (κ2) is 6.49. The summed E-state index contributed by atoms with van der Waals surface area (Å²) in [5.41, 5.74) is 1.28. The van der Waals surface area contributed by atoms with Crippen molar-refractivity contribution in [1.82, 2.24) is 0 Å².